The summed E-state index contributed by atoms with van der Waals surface area (Å²) >= 11 is 0. The number of aromatic hydroxyl groups is 1. The smallest absolute Gasteiger partial charge is 0.313 e. The zero-order valence-corrected chi connectivity index (χ0v) is 7.68. The average Bonchev–Trinajstić information content (AvgIpc) is 2.19. The van der Waals surface area contributed by atoms with Crippen LogP contribution in [0.25, 0.3) is 11.3 Å². The average molecular weight is 187 g/mol. The lowest BCUT2D eigenvalue weighted by molar-refractivity contribution is 0.430. The molecule has 4 nitrogen and oxygen atoms in total. The van der Waals surface area contributed by atoms with Gasteiger partial charge in [-0.15, -0.1) is 0 Å². The third-order valence-electron chi connectivity index (χ3n) is 1.85. The van der Waals surface area contributed by atoms with Crippen molar-refractivity contribution in [2.24, 2.45) is 0 Å². The molecule has 0 bridgehead atoms. The van der Waals surface area contributed by atoms with Gasteiger partial charge in [0.2, 0.25) is 0 Å². The van der Waals surface area contributed by atoms with Crippen LogP contribution in [-0.4, -0.2) is 20.1 Å². The fourth-order valence-electron chi connectivity index (χ4n) is 1.15. The maximum atomic E-state index is 8.92. The maximum Gasteiger partial charge on any atom is 0.313 e. The molecule has 0 atom stereocenters. The van der Waals surface area contributed by atoms with E-state index in [4.69, 9.17) is 5.11 Å². The number of hydrogen-bond acceptors (Lipinski definition) is 4. The molecule has 0 amide bonds. The van der Waals surface area contributed by atoms with Gasteiger partial charge in [-0.25, -0.2) is 9.97 Å². The van der Waals surface area contributed by atoms with Gasteiger partial charge in [-0.05, 0) is 24.6 Å². The zero-order chi connectivity index (χ0) is 9.97. The molecule has 2 aromatic rings. The van der Waals surface area contributed by atoms with Gasteiger partial charge in [0.15, 0.2) is 0 Å². The molecule has 0 aliphatic heterocycles. The Morgan fingerprint density at radius 1 is 1.14 bits per heavy atom. The third-order valence-corrected chi connectivity index (χ3v) is 1.85. The van der Waals surface area contributed by atoms with Crippen LogP contribution in [0.5, 0.6) is 6.01 Å². The lowest BCUT2D eigenvalue weighted by atomic mass is 10.2. The molecule has 0 spiro atoms. The van der Waals surface area contributed by atoms with Crippen LogP contribution in [0, 0.1) is 6.92 Å². The monoisotopic (exact) mass is 187 g/mol. The largest absolute Gasteiger partial charge is 0.479 e. The van der Waals surface area contributed by atoms with Crippen molar-refractivity contribution in [1.29, 1.82) is 0 Å². The zero-order valence-electron chi connectivity index (χ0n) is 7.68. The van der Waals surface area contributed by atoms with Gasteiger partial charge in [-0.3, -0.25) is 4.98 Å². The highest BCUT2D eigenvalue weighted by Gasteiger charge is 2.00. The van der Waals surface area contributed by atoms with Gasteiger partial charge >= 0.3 is 6.01 Å². The standard InChI is InChI=1S/C10H9N3O/c1-7-2-3-11-9(4-7)8-5-12-10(14)13-6-8/h2-6H,1H3,(H,12,13,14). The summed E-state index contributed by atoms with van der Waals surface area (Å²) in [6, 6.07) is 3.64. The lowest BCUT2D eigenvalue weighted by Crippen LogP contribution is -1.87. The van der Waals surface area contributed by atoms with Crippen molar-refractivity contribution in [2.45, 2.75) is 6.92 Å². The van der Waals surface area contributed by atoms with Gasteiger partial charge in [0.1, 0.15) is 0 Å². The Kier molecular flexibility index (Phi) is 2.10. The molecule has 0 unspecified atom stereocenters. The summed E-state index contributed by atoms with van der Waals surface area (Å²) in [5, 5.41) is 8.92. The molecule has 0 saturated carbocycles. The van der Waals surface area contributed by atoms with Crippen LogP contribution in [0.3, 0.4) is 0 Å². The predicted octanol–water partition coefficient (Wildman–Crippen LogP) is 1.55. The summed E-state index contributed by atoms with van der Waals surface area (Å²) in [5.41, 5.74) is 2.74. The molecule has 0 radical (unpaired) electrons. The highest BCUT2D eigenvalue weighted by atomic mass is 16.3. The molecule has 0 saturated heterocycles. The predicted molar refractivity (Wildman–Crippen MR) is 51.7 cm³/mol. The van der Waals surface area contributed by atoms with E-state index < -0.39 is 0 Å². The van der Waals surface area contributed by atoms with E-state index >= 15 is 0 Å². The summed E-state index contributed by atoms with van der Waals surface area (Å²) in [6.07, 6.45) is 4.83. The molecule has 4 heteroatoms. The summed E-state index contributed by atoms with van der Waals surface area (Å²) in [7, 11) is 0. The molecule has 14 heavy (non-hydrogen) atoms. The van der Waals surface area contributed by atoms with E-state index in [1.54, 1.807) is 18.6 Å². The maximum absolute atomic E-state index is 8.92. The number of aromatic nitrogens is 3. The minimum atomic E-state index is -0.221. The van der Waals surface area contributed by atoms with Gasteiger partial charge in [0.25, 0.3) is 0 Å². The molecule has 0 aromatic carbocycles. The number of nitrogens with zero attached hydrogens (tertiary/aromatic N) is 3. The number of rotatable bonds is 1. The first kappa shape index (κ1) is 8.62. The molecule has 70 valence electrons. The van der Waals surface area contributed by atoms with E-state index in [0.29, 0.717) is 0 Å². The Bertz CT molecular complexity index is 439. The van der Waals surface area contributed by atoms with Crippen molar-refractivity contribution < 1.29 is 5.11 Å². The van der Waals surface area contributed by atoms with Gasteiger partial charge in [-0.2, -0.15) is 0 Å². The second kappa shape index (κ2) is 3.41. The molecule has 0 aliphatic rings. The number of aryl methyl sites for hydroxylation is 1. The molecule has 1 N–H and O–H groups in total. The van der Waals surface area contributed by atoms with Crippen molar-refractivity contribution >= 4 is 0 Å². The quantitative estimate of drug-likeness (QED) is 0.735. The Labute approximate surface area is 81.3 Å². The SMILES string of the molecule is Cc1ccnc(-c2cnc(O)nc2)c1. The highest BCUT2D eigenvalue weighted by Crippen LogP contribution is 2.16. The van der Waals surface area contributed by atoms with E-state index in [2.05, 4.69) is 15.0 Å². The molecule has 2 rings (SSSR count). The van der Waals surface area contributed by atoms with E-state index in [9.17, 15) is 0 Å². The van der Waals surface area contributed by atoms with Gasteiger partial charge in [-0.1, -0.05) is 0 Å². The van der Waals surface area contributed by atoms with Crippen LogP contribution in [-0.2, 0) is 0 Å². The van der Waals surface area contributed by atoms with Gasteiger partial charge in [0.05, 0.1) is 5.69 Å². The Morgan fingerprint density at radius 2 is 1.86 bits per heavy atom. The van der Waals surface area contributed by atoms with Crippen molar-refractivity contribution in [2.75, 3.05) is 0 Å². The van der Waals surface area contributed by atoms with Crippen LogP contribution in [0.1, 0.15) is 5.56 Å². The fraction of sp³-hybridized carbons (Fsp3) is 0.100. The van der Waals surface area contributed by atoms with E-state index in [1.807, 2.05) is 19.1 Å². The molecule has 2 aromatic heterocycles. The summed E-state index contributed by atoms with van der Waals surface area (Å²) in [5.74, 6) is 0. The number of hydrogen-bond donors (Lipinski definition) is 1. The minimum Gasteiger partial charge on any atom is -0.479 e. The van der Waals surface area contributed by atoms with Crippen LogP contribution in [0.15, 0.2) is 30.7 Å². The van der Waals surface area contributed by atoms with Crippen LogP contribution < -0.4 is 0 Å². The van der Waals surface area contributed by atoms with Gasteiger partial charge in [0, 0.05) is 24.2 Å². The fourth-order valence-corrected chi connectivity index (χ4v) is 1.15. The highest BCUT2D eigenvalue weighted by molar-refractivity contribution is 5.57. The van der Waals surface area contributed by atoms with Crippen molar-refractivity contribution in [3.63, 3.8) is 0 Å². The first-order valence-electron chi connectivity index (χ1n) is 4.20. The first-order valence-corrected chi connectivity index (χ1v) is 4.20. The third kappa shape index (κ3) is 1.69. The Morgan fingerprint density at radius 3 is 2.50 bits per heavy atom. The molecule has 0 aliphatic carbocycles. The van der Waals surface area contributed by atoms with Crippen LogP contribution in [0.4, 0.5) is 0 Å². The molecular weight excluding hydrogens is 178 g/mol. The van der Waals surface area contributed by atoms with E-state index in [0.717, 1.165) is 16.8 Å². The van der Waals surface area contributed by atoms with Crippen LogP contribution in [0.2, 0.25) is 0 Å². The second-order valence-corrected chi connectivity index (χ2v) is 2.99. The summed E-state index contributed by atoms with van der Waals surface area (Å²) < 4.78 is 0. The Balaban J connectivity index is 2.44. The molecule has 0 fully saturated rings. The first-order chi connectivity index (χ1) is 6.75. The lowest BCUT2D eigenvalue weighted by Gasteiger charge is -2.00. The normalized spacial score (nSPS) is 10.1. The second-order valence-electron chi connectivity index (χ2n) is 2.99. The Hall–Kier alpha value is -1.97. The van der Waals surface area contributed by atoms with Gasteiger partial charge < -0.3 is 5.11 Å². The van der Waals surface area contributed by atoms with Crippen molar-refractivity contribution in [1.82, 2.24) is 15.0 Å². The van der Waals surface area contributed by atoms with Crippen LogP contribution >= 0.6 is 0 Å². The van der Waals surface area contributed by atoms with Crippen molar-refractivity contribution in [3.8, 4) is 17.3 Å². The topological polar surface area (TPSA) is 58.9 Å². The summed E-state index contributed by atoms with van der Waals surface area (Å²) in [4.78, 5) is 11.6. The van der Waals surface area contributed by atoms with E-state index in [1.165, 1.54) is 0 Å². The van der Waals surface area contributed by atoms with E-state index in [-0.39, 0.29) is 6.01 Å². The molecule has 2 heterocycles. The number of pyridine rings is 1. The molecular formula is C10H9N3O. The minimum absolute atomic E-state index is 0.221. The summed E-state index contributed by atoms with van der Waals surface area (Å²) in [6.45, 7) is 1.99. The van der Waals surface area contributed by atoms with Crippen molar-refractivity contribution in [3.05, 3.63) is 36.3 Å².